The highest BCUT2D eigenvalue weighted by molar-refractivity contribution is 5.78. The van der Waals surface area contributed by atoms with E-state index >= 15 is 0 Å². The number of carbonyl (C=O) groups is 1. The molecule has 1 aromatic rings. The van der Waals surface area contributed by atoms with Crippen LogP contribution in [0.2, 0.25) is 0 Å². The average Bonchev–Trinajstić information content (AvgIpc) is 2.54. The Morgan fingerprint density at radius 2 is 2.46 bits per heavy atom. The molecule has 0 radical (unpaired) electrons. The van der Waals surface area contributed by atoms with Crippen LogP contribution in [0.15, 0.2) is 18.5 Å². The summed E-state index contributed by atoms with van der Waals surface area (Å²) >= 11 is 0. The molecule has 0 aliphatic rings. The second-order valence-electron chi connectivity index (χ2n) is 2.97. The summed E-state index contributed by atoms with van der Waals surface area (Å²) in [5.41, 5.74) is -1.53. The zero-order valence-electron chi connectivity index (χ0n) is 7.60. The highest BCUT2D eigenvalue weighted by Crippen LogP contribution is 2.08. The SMILES string of the molecule is COC(=O)C(C)(O)Cn1cccn1. The van der Waals surface area contributed by atoms with E-state index in [2.05, 4.69) is 9.84 Å². The molecule has 0 spiro atoms. The number of nitrogens with zero attached hydrogens (tertiary/aromatic N) is 2. The summed E-state index contributed by atoms with van der Waals surface area (Å²) in [6.45, 7) is 1.48. The maximum absolute atomic E-state index is 11.0. The van der Waals surface area contributed by atoms with E-state index in [0.29, 0.717) is 0 Å². The van der Waals surface area contributed by atoms with E-state index in [1.54, 1.807) is 18.5 Å². The Balaban J connectivity index is 2.67. The van der Waals surface area contributed by atoms with Gasteiger partial charge < -0.3 is 9.84 Å². The van der Waals surface area contributed by atoms with Crippen LogP contribution in [0.4, 0.5) is 0 Å². The first-order chi connectivity index (χ1) is 6.06. The highest BCUT2D eigenvalue weighted by atomic mass is 16.5. The van der Waals surface area contributed by atoms with Gasteiger partial charge in [-0.25, -0.2) is 4.79 Å². The normalized spacial score (nSPS) is 15.0. The lowest BCUT2D eigenvalue weighted by Gasteiger charge is -2.19. The molecule has 1 aromatic heterocycles. The number of esters is 1. The average molecular weight is 184 g/mol. The second-order valence-corrected chi connectivity index (χ2v) is 2.97. The number of carbonyl (C=O) groups excluding carboxylic acids is 1. The van der Waals surface area contributed by atoms with Crippen molar-refractivity contribution >= 4 is 5.97 Å². The van der Waals surface area contributed by atoms with Gasteiger partial charge in [0, 0.05) is 12.4 Å². The lowest BCUT2D eigenvalue weighted by atomic mass is 10.1. The van der Waals surface area contributed by atoms with Gasteiger partial charge in [0.1, 0.15) is 0 Å². The van der Waals surface area contributed by atoms with Gasteiger partial charge in [-0.1, -0.05) is 0 Å². The number of rotatable bonds is 3. The molecule has 0 aliphatic heterocycles. The quantitative estimate of drug-likeness (QED) is 0.661. The zero-order chi connectivity index (χ0) is 9.90. The largest absolute Gasteiger partial charge is 0.467 e. The van der Waals surface area contributed by atoms with Crippen molar-refractivity contribution in [1.29, 1.82) is 0 Å². The van der Waals surface area contributed by atoms with Crippen LogP contribution >= 0.6 is 0 Å². The van der Waals surface area contributed by atoms with Crippen LogP contribution in [-0.4, -0.2) is 33.6 Å². The van der Waals surface area contributed by atoms with Crippen LogP contribution in [0.1, 0.15) is 6.92 Å². The Bertz CT molecular complexity index is 280. The lowest BCUT2D eigenvalue weighted by molar-refractivity contribution is -0.162. The van der Waals surface area contributed by atoms with Crippen LogP contribution in [0.25, 0.3) is 0 Å². The number of aliphatic hydroxyl groups is 1. The Kier molecular flexibility index (Phi) is 2.67. The number of hydrogen-bond acceptors (Lipinski definition) is 4. The summed E-state index contributed by atoms with van der Waals surface area (Å²) < 4.78 is 5.90. The Morgan fingerprint density at radius 1 is 1.77 bits per heavy atom. The van der Waals surface area contributed by atoms with Gasteiger partial charge in [0.15, 0.2) is 5.60 Å². The lowest BCUT2D eigenvalue weighted by Crippen LogP contribution is -2.40. The predicted octanol–water partition coefficient (Wildman–Crippen LogP) is -0.193. The fourth-order valence-corrected chi connectivity index (χ4v) is 0.994. The summed E-state index contributed by atoms with van der Waals surface area (Å²) in [5.74, 6) is -0.664. The van der Waals surface area contributed by atoms with Crippen molar-refractivity contribution in [3.05, 3.63) is 18.5 Å². The first kappa shape index (κ1) is 9.73. The summed E-state index contributed by atoms with van der Waals surface area (Å²) in [6.07, 6.45) is 3.24. The molecule has 1 atom stereocenters. The molecule has 0 bridgehead atoms. The molecule has 5 nitrogen and oxygen atoms in total. The van der Waals surface area contributed by atoms with Crippen molar-refractivity contribution in [3.63, 3.8) is 0 Å². The minimum Gasteiger partial charge on any atom is -0.467 e. The number of hydrogen-bond donors (Lipinski definition) is 1. The van der Waals surface area contributed by atoms with Gasteiger partial charge >= 0.3 is 5.97 Å². The van der Waals surface area contributed by atoms with E-state index < -0.39 is 11.6 Å². The summed E-state index contributed by atoms with van der Waals surface area (Å²) in [4.78, 5) is 11.0. The first-order valence-corrected chi connectivity index (χ1v) is 3.84. The topological polar surface area (TPSA) is 64.3 Å². The molecule has 72 valence electrons. The molecule has 1 rings (SSSR count). The fourth-order valence-electron chi connectivity index (χ4n) is 0.994. The Hall–Kier alpha value is -1.36. The molecule has 0 aromatic carbocycles. The van der Waals surface area contributed by atoms with E-state index in [1.165, 1.54) is 18.7 Å². The standard InChI is InChI=1S/C8H12N2O3/c1-8(12,7(11)13-2)6-10-5-3-4-9-10/h3-5,12H,6H2,1-2H3. The van der Waals surface area contributed by atoms with Crippen molar-refractivity contribution < 1.29 is 14.6 Å². The van der Waals surface area contributed by atoms with Gasteiger partial charge in [-0.05, 0) is 13.0 Å². The fraction of sp³-hybridized carbons (Fsp3) is 0.500. The number of ether oxygens (including phenoxy) is 1. The van der Waals surface area contributed by atoms with Gasteiger partial charge in [0.05, 0.1) is 13.7 Å². The van der Waals surface area contributed by atoms with Gasteiger partial charge in [-0.15, -0.1) is 0 Å². The Morgan fingerprint density at radius 3 is 2.92 bits per heavy atom. The van der Waals surface area contributed by atoms with Crippen molar-refractivity contribution in [2.75, 3.05) is 7.11 Å². The highest BCUT2D eigenvalue weighted by Gasteiger charge is 2.31. The molecule has 13 heavy (non-hydrogen) atoms. The molecule has 1 unspecified atom stereocenters. The summed E-state index contributed by atoms with van der Waals surface area (Å²) in [7, 11) is 1.24. The van der Waals surface area contributed by atoms with Crippen molar-refractivity contribution in [2.45, 2.75) is 19.1 Å². The third-order valence-electron chi connectivity index (χ3n) is 1.65. The molecular weight excluding hydrogens is 172 g/mol. The summed E-state index contributed by atoms with van der Waals surface area (Å²) in [5, 5.41) is 13.5. The van der Waals surface area contributed by atoms with Gasteiger partial charge in [-0.2, -0.15) is 5.10 Å². The maximum Gasteiger partial charge on any atom is 0.339 e. The molecule has 0 amide bonds. The molecule has 0 fully saturated rings. The molecule has 0 saturated heterocycles. The third-order valence-corrected chi connectivity index (χ3v) is 1.65. The van der Waals surface area contributed by atoms with Gasteiger partial charge in [-0.3, -0.25) is 4.68 Å². The van der Waals surface area contributed by atoms with E-state index in [1.807, 2.05) is 0 Å². The van der Waals surface area contributed by atoms with E-state index in [9.17, 15) is 9.90 Å². The van der Waals surface area contributed by atoms with Crippen LogP contribution in [-0.2, 0) is 16.1 Å². The molecule has 0 saturated carbocycles. The Labute approximate surface area is 75.9 Å². The van der Waals surface area contributed by atoms with Crippen LogP contribution in [0, 0.1) is 0 Å². The van der Waals surface area contributed by atoms with Crippen LogP contribution in [0.5, 0.6) is 0 Å². The van der Waals surface area contributed by atoms with Crippen molar-refractivity contribution in [3.8, 4) is 0 Å². The van der Waals surface area contributed by atoms with Crippen molar-refractivity contribution in [1.82, 2.24) is 9.78 Å². The number of methoxy groups -OCH3 is 1. The molecular formula is C8H12N2O3. The molecule has 1 N–H and O–H groups in total. The maximum atomic E-state index is 11.0. The van der Waals surface area contributed by atoms with E-state index in [0.717, 1.165) is 0 Å². The number of aromatic nitrogens is 2. The minimum absolute atomic E-state index is 0.0900. The molecule has 5 heteroatoms. The predicted molar refractivity (Wildman–Crippen MR) is 44.9 cm³/mol. The van der Waals surface area contributed by atoms with Crippen LogP contribution in [0.3, 0.4) is 0 Å². The second kappa shape index (κ2) is 3.57. The zero-order valence-corrected chi connectivity index (χ0v) is 7.60. The molecule has 0 aliphatic carbocycles. The minimum atomic E-state index is -1.53. The van der Waals surface area contributed by atoms with Gasteiger partial charge in [0.25, 0.3) is 0 Å². The van der Waals surface area contributed by atoms with Crippen LogP contribution < -0.4 is 0 Å². The van der Waals surface area contributed by atoms with E-state index in [4.69, 9.17) is 0 Å². The van der Waals surface area contributed by atoms with Crippen molar-refractivity contribution in [2.24, 2.45) is 0 Å². The smallest absolute Gasteiger partial charge is 0.339 e. The molecule has 1 heterocycles. The summed E-state index contributed by atoms with van der Waals surface area (Å²) in [6, 6.07) is 1.72. The van der Waals surface area contributed by atoms with Gasteiger partial charge in [0.2, 0.25) is 0 Å². The van der Waals surface area contributed by atoms with E-state index in [-0.39, 0.29) is 6.54 Å². The third kappa shape index (κ3) is 2.29. The first-order valence-electron chi connectivity index (χ1n) is 3.84. The monoisotopic (exact) mass is 184 g/mol.